The number of hydrogen-bond donors (Lipinski definition) is 2. The second kappa shape index (κ2) is 5.91. The van der Waals surface area contributed by atoms with Crippen LogP contribution in [0.5, 0.6) is 0 Å². The molecule has 18 heavy (non-hydrogen) atoms. The largest absolute Gasteiger partial charge is 0.323 e. The Kier molecular flexibility index (Phi) is 4.49. The Morgan fingerprint density at radius 1 is 1.33 bits per heavy atom. The second-order valence-corrected chi connectivity index (χ2v) is 5.39. The van der Waals surface area contributed by atoms with E-state index < -0.39 is 0 Å². The summed E-state index contributed by atoms with van der Waals surface area (Å²) in [6.07, 6.45) is 3.07. The Morgan fingerprint density at radius 2 is 2.11 bits per heavy atom. The molecule has 0 saturated carbocycles. The van der Waals surface area contributed by atoms with E-state index in [4.69, 9.17) is 23.2 Å². The van der Waals surface area contributed by atoms with Gasteiger partial charge in [-0.3, -0.25) is 4.79 Å². The molecule has 5 heteroatoms. The molecular weight excluding hydrogens is 271 g/mol. The summed E-state index contributed by atoms with van der Waals surface area (Å²) in [5.41, 5.74) is 1.47. The Morgan fingerprint density at radius 3 is 2.78 bits per heavy atom. The van der Waals surface area contributed by atoms with E-state index in [9.17, 15) is 4.79 Å². The van der Waals surface area contributed by atoms with Crippen molar-refractivity contribution in [3.05, 3.63) is 27.7 Å². The summed E-state index contributed by atoms with van der Waals surface area (Å²) < 4.78 is 0. The molecule has 1 aliphatic heterocycles. The van der Waals surface area contributed by atoms with Gasteiger partial charge in [0, 0.05) is 5.02 Å². The molecule has 1 fully saturated rings. The number of rotatable bonds is 2. The topological polar surface area (TPSA) is 41.1 Å². The number of hydrogen-bond acceptors (Lipinski definition) is 2. The highest BCUT2D eigenvalue weighted by molar-refractivity contribution is 6.36. The standard InChI is InChI=1S/C13H16Cl2N2O/c1-8-6-10(15)12(7-9(8)14)17-13(18)11-4-2-3-5-16-11/h6-7,11,16H,2-5H2,1H3,(H,17,18). The van der Waals surface area contributed by atoms with Crippen LogP contribution >= 0.6 is 23.2 Å². The zero-order valence-corrected chi connectivity index (χ0v) is 11.7. The van der Waals surface area contributed by atoms with Gasteiger partial charge in [-0.05, 0) is 44.0 Å². The van der Waals surface area contributed by atoms with Gasteiger partial charge in [0.05, 0.1) is 16.8 Å². The van der Waals surface area contributed by atoms with Crippen molar-refractivity contribution >= 4 is 34.8 Å². The second-order valence-electron chi connectivity index (χ2n) is 4.57. The molecular formula is C13H16Cl2N2O. The molecule has 1 aromatic carbocycles. The molecule has 0 spiro atoms. The van der Waals surface area contributed by atoms with E-state index in [0.717, 1.165) is 31.4 Å². The maximum absolute atomic E-state index is 12.0. The van der Waals surface area contributed by atoms with Crippen molar-refractivity contribution in [2.45, 2.75) is 32.2 Å². The molecule has 1 unspecified atom stereocenters. The molecule has 2 rings (SSSR count). The van der Waals surface area contributed by atoms with Crippen LogP contribution in [0.15, 0.2) is 12.1 Å². The summed E-state index contributed by atoms with van der Waals surface area (Å²) in [7, 11) is 0. The van der Waals surface area contributed by atoms with Crippen LogP contribution in [0.25, 0.3) is 0 Å². The van der Waals surface area contributed by atoms with Gasteiger partial charge >= 0.3 is 0 Å². The van der Waals surface area contributed by atoms with E-state index in [1.54, 1.807) is 12.1 Å². The number of piperidine rings is 1. The number of carbonyl (C=O) groups excluding carboxylic acids is 1. The molecule has 3 nitrogen and oxygen atoms in total. The van der Waals surface area contributed by atoms with Crippen LogP contribution in [0.3, 0.4) is 0 Å². The number of anilines is 1. The van der Waals surface area contributed by atoms with E-state index in [-0.39, 0.29) is 11.9 Å². The van der Waals surface area contributed by atoms with Crippen molar-refractivity contribution in [1.82, 2.24) is 5.32 Å². The first-order chi connectivity index (χ1) is 8.58. The van der Waals surface area contributed by atoms with Crippen molar-refractivity contribution in [3.63, 3.8) is 0 Å². The third kappa shape index (κ3) is 3.16. The lowest BCUT2D eigenvalue weighted by atomic mass is 10.0. The molecule has 98 valence electrons. The van der Waals surface area contributed by atoms with Gasteiger partial charge in [-0.25, -0.2) is 0 Å². The number of halogens is 2. The van der Waals surface area contributed by atoms with Crippen LogP contribution in [0, 0.1) is 6.92 Å². The maximum atomic E-state index is 12.0. The van der Waals surface area contributed by atoms with Gasteiger partial charge in [0.1, 0.15) is 0 Å². The molecule has 0 aliphatic carbocycles. The van der Waals surface area contributed by atoms with E-state index >= 15 is 0 Å². The number of amides is 1. The summed E-state index contributed by atoms with van der Waals surface area (Å²) in [4.78, 5) is 12.0. The molecule has 1 heterocycles. The summed E-state index contributed by atoms with van der Waals surface area (Å²) in [5.74, 6) is -0.0449. The van der Waals surface area contributed by atoms with Crippen LogP contribution in [0.4, 0.5) is 5.69 Å². The van der Waals surface area contributed by atoms with E-state index in [1.165, 1.54) is 0 Å². The Labute approximate surface area is 117 Å². The molecule has 1 aromatic rings. The monoisotopic (exact) mass is 286 g/mol. The average molecular weight is 287 g/mol. The molecule has 1 aliphatic rings. The average Bonchev–Trinajstić information content (AvgIpc) is 2.37. The first-order valence-corrected chi connectivity index (χ1v) is 6.83. The summed E-state index contributed by atoms with van der Waals surface area (Å²) in [6, 6.07) is 3.32. The molecule has 0 aromatic heterocycles. The fraction of sp³-hybridized carbons (Fsp3) is 0.462. The van der Waals surface area contributed by atoms with Gasteiger partial charge in [0.25, 0.3) is 0 Å². The van der Waals surface area contributed by atoms with Crippen LogP contribution in [-0.2, 0) is 4.79 Å². The highest BCUT2D eigenvalue weighted by Crippen LogP contribution is 2.29. The van der Waals surface area contributed by atoms with Crippen LogP contribution < -0.4 is 10.6 Å². The van der Waals surface area contributed by atoms with Crippen LogP contribution in [0.1, 0.15) is 24.8 Å². The maximum Gasteiger partial charge on any atom is 0.241 e. The van der Waals surface area contributed by atoms with Crippen LogP contribution in [-0.4, -0.2) is 18.5 Å². The highest BCUT2D eigenvalue weighted by atomic mass is 35.5. The van der Waals surface area contributed by atoms with Gasteiger partial charge in [-0.2, -0.15) is 0 Å². The predicted octanol–water partition coefficient (Wildman–Crippen LogP) is 3.38. The Bertz CT molecular complexity index is 457. The zero-order valence-electron chi connectivity index (χ0n) is 10.2. The summed E-state index contributed by atoms with van der Waals surface area (Å²) >= 11 is 12.1. The smallest absolute Gasteiger partial charge is 0.241 e. The molecule has 1 atom stereocenters. The highest BCUT2D eigenvalue weighted by Gasteiger charge is 2.21. The van der Waals surface area contributed by atoms with Gasteiger partial charge < -0.3 is 10.6 Å². The van der Waals surface area contributed by atoms with E-state index in [1.807, 2.05) is 6.92 Å². The lowest BCUT2D eigenvalue weighted by Crippen LogP contribution is -2.43. The number of aryl methyl sites for hydroxylation is 1. The molecule has 0 bridgehead atoms. The normalized spacial score (nSPS) is 19.6. The lowest BCUT2D eigenvalue weighted by molar-refractivity contribution is -0.118. The Hall–Kier alpha value is -0.770. The van der Waals surface area contributed by atoms with Crippen molar-refractivity contribution in [2.75, 3.05) is 11.9 Å². The van der Waals surface area contributed by atoms with Gasteiger partial charge in [-0.1, -0.05) is 29.6 Å². The summed E-state index contributed by atoms with van der Waals surface area (Å²) in [6.45, 7) is 2.77. The van der Waals surface area contributed by atoms with Crippen molar-refractivity contribution < 1.29 is 4.79 Å². The zero-order chi connectivity index (χ0) is 13.1. The minimum absolute atomic E-state index is 0.0449. The van der Waals surface area contributed by atoms with Crippen molar-refractivity contribution in [3.8, 4) is 0 Å². The number of carbonyl (C=O) groups is 1. The molecule has 1 amide bonds. The van der Waals surface area contributed by atoms with Gasteiger partial charge in [-0.15, -0.1) is 0 Å². The minimum Gasteiger partial charge on any atom is -0.323 e. The molecule has 1 saturated heterocycles. The van der Waals surface area contributed by atoms with Gasteiger partial charge in [0.2, 0.25) is 5.91 Å². The number of nitrogens with one attached hydrogen (secondary N) is 2. The first kappa shape index (κ1) is 13.7. The predicted molar refractivity (Wildman–Crippen MR) is 75.5 cm³/mol. The SMILES string of the molecule is Cc1cc(Cl)c(NC(=O)C2CCCCN2)cc1Cl. The fourth-order valence-corrected chi connectivity index (χ4v) is 2.47. The third-order valence-electron chi connectivity index (χ3n) is 3.13. The van der Waals surface area contributed by atoms with Crippen LogP contribution in [0.2, 0.25) is 10.0 Å². The minimum atomic E-state index is -0.130. The van der Waals surface area contributed by atoms with E-state index in [0.29, 0.717) is 15.7 Å². The quantitative estimate of drug-likeness (QED) is 0.875. The molecule has 2 N–H and O–H groups in total. The van der Waals surface area contributed by atoms with Crippen molar-refractivity contribution in [1.29, 1.82) is 0 Å². The van der Waals surface area contributed by atoms with Gasteiger partial charge in [0.15, 0.2) is 0 Å². The van der Waals surface area contributed by atoms with E-state index in [2.05, 4.69) is 10.6 Å². The Balaban J connectivity index is 2.08. The summed E-state index contributed by atoms with van der Waals surface area (Å²) in [5, 5.41) is 7.14. The van der Waals surface area contributed by atoms with Crippen molar-refractivity contribution in [2.24, 2.45) is 0 Å². The fourth-order valence-electron chi connectivity index (χ4n) is 2.04. The first-order valence-electron chi connectivity index (χ1n) is 6.08. The molecule has 0 radical (unpaired) electrons. The third-order valence-corrected chi connectivity index (χ3v) is 3.85. The number of benzene rings is 1. The lowest BCUT2D eigenvalue weighted by Gasteiger charge is -2.22.